The molecule has 0 spiro atoms. The SMILES string of the molecule is O=C([O-])[O-].[Ag+].[Ag+].[H-].[Na+]. The van der Waals surface area contributed by atoms with E-state index in [1.807, 2.05) is 0 Å². The van der Waals surface area contributed by atoms with Crippen LogP contribution in [0.5, 0.6) is 0 Å². The van der Waals surface area contributed by atoms with Gasteiger partial charge in [0, 0.05) is 0 Å². The van der Waals surface area contributed by atoms with Gasteiger partial charge in [0.05, 0.1) is 0 Å². The maximum absolute atomic E-state index is 8.33. The van der Waals surface area contributed by atoms with E-state index in [-0.39, 0.29) is 75.7 Å². The van der Waals surface area contributed by atoms with Crippen molar-refractivity contribution in [3.8, 4) is 0 Å². The molecule has 6 heteroatoms. The maximum Gasteiger partial charge on any atom is 1.00 e. The molecule has 0 atom stereocenters. The fourth-order valence-electron chi connectivity index (χ4n) is 0. The molecule has 0 N–H and O–H groups in total. The van der Waals surface area contributed by atoms with Crippen molar-refractivity contribution in [2.24, 2.45) is 0 Å². The molecule has 0 amide bonds. The molecule has 0 heterocycles. The van der Waals surface area contributed by atoms with Crippen molar-refractivity contribution in [3.05, 3.63) is 0 Å². The van der Waals surface area contributed by atoms with Crippen LogP contribution in [0.25, 0.3) is 0 Å². The molecule has 0 saturated carbocycles. The van der Waals surface area contributed by atoms with Crippen molar-refractivity contribution >= 4 is 6.16 Å². The molecule has 0 aliphatic heterocycles. The van der Waals surface area contributed by atoms with E-state index in [1.54, 1.807) is 0 Å². The van der Waals surface area contributed by atoms with Crippen molar-refractivity contribution in [3.63, 3.8) is 0 Å². The summed E-state index contributed by atoms with van der Waals surface area (Å²) in [6.07, 6.45) is -2.33. The summed E-state index contributed by atoms with van der Waals surface area (Å²) in [5.41, 5.74) is 0. The molecular formula is CHAg2NaO3. The predicted octanol–water partition coefficient (Wildman–Crippen LogP) is -5.34. The Bertz CT molecular complexity index is 40.3. The van der Waals surface area contributed by atoms with Crippen LogP contribution in [-0.4, -0.2) is 6.16 Å². The first-order chi connectivity index (χ1) is 1.73. The second-order valence-electron chi connectivity index (χ2n) is 0.250. The fourth-order valence-corrected chi connectivity index (χ4v) is 0. The van der Waals surface area contributed by atoms with E-state index in [0.29, 0.717) is 0 Å². The summed E-state index contributed by atoms with van der Waals surface area (Å²) < 4.78 is 0. The van der Waals surface area contributed by atoms with Crippen LogP contribution in [0.3, 0.4) is 0 Å². The van der Waals surface area contributed by atoms with Gasteiger partial charge in [-0.05, 0) is 6.16 Å². The van der Waals surface area contributed by atoms with Gasteiger partial charge in [0.1, 0.15) is 0 Å². The summed E-state index contributed by atoms with van der Waals surface area (Å²) in [5, 5.41) is 16.7. The Kier molecular flexibility index (Phi) is 52.1. The molecule has 0 bridgehead atoms. The van der Waals surface area contributed by atoms with E-state index in [2.05, 4.69) is 0 Å². The van der Waals surface area contributed by atoms with Crippen LogP contribution in [0.15, 0.2) is 0 Å². The summed E-state index contributed by atoms with van der Waals surface area (Å²) in [4.78, 5) is 8.33. The van der Waals surface area contributed by atoms with Gasteiger partial charge < -0.3 is 16.4 Å². The third-order valence-corrected chi connectivity index (χ3v) is 0. The molecule has 0 unspecified atom stereocenters. The third-order valence-electron chi connectivity index (χ3n) is 0. The summed E-state index contributed by atoms with van der Waals surface area (Å²) in [7, 11) is 0. The zero-order valence-electron chi connectivity index (χ0n) is 4.33. The van der Waals surface area contributed by atoms with Crippen molar-refractivity contribution in [1.29, 1.82) is 0 Å². The van der Waals surface area contributed by atoms with Gasteiger partial charge in [-0.2, -0.15) is 0 Å². The molecule has 0 aromatic heterocycles. The Morgan fingerprint density at radius 2 is 1.29 bits per heavy atom. The monoisotopic (exact) mass is 298 g/mol. The van der Waals surface area contributed by atoms with Gasteiger partial charge in [0.15, 0.2) is 0 Å². The van der Waals surface area contributed by atoms with Crippen LogP contribution in [0.2, 0.25) is 0 Å². The van der Waals surface area contributed by atoms with Crippen LogP contribution in [0, 0.1) is 0 Å². The zero-order chi connectivity index (χ0) is 3.58. The van der Waals surface area contributed by atoms with E-state index in [4.69, 9.17) is 15.0 Å². The van der Waals surface area contributed by atoms with Crippen LogP contribution in [0.1, 0.15) is 1.43 Å². The van der Waals surface area contributed by atoms with Crippen molar-refractivity contribution in [1.82, 2.24) is 0 Å². The van der Waals surface area contributed by atoms with Crippen LogP contribution in [0.4, 0.5) is 4.79 Å². The van der Waals surface area contributed by atoms with Gasteiger partial charge in [-0.3, -0.25) is 0 Å². The first-order valence-electron chi connectivity index (χ1n) is 0.612. The summed E-state index contributed by atoms with van der Waals surface area (Å²) >= 11 is 0. The second-order valence-corrected chi connectivity index (χ2v) is 0.250. The number of rotatable bonds is 0. The van der Waals surface area contributed by atoms with Crippen LogP contribution >= 0.6 is 0 Å². The molecule has 46 valence electrons. The summed E-state index contributed by atoms with van der Waals surface area (Å²) in [5.74, 6) is 0. The molecule has 7 heavy (non-hydrogen) atoms. The Morgan fingerprint density at radius 1 is 1.29 bits per heavy atom. The van der Waals surface area contributed by atoms with Crippen LogP contribution in [-0.2, 0) is 44.8 Å². The molecular weight excluding hydrogens is 299 g/mol. The summed E-state index contributed by atoms with van der Waals surface area (Å²) in [6, 6.07) is 0. The Balaban J connectivity index is -0.00000000750. The van der Waals surface area contributed by atoms with Gasteiger partial charge in [-0.15, -0.1) is 0 Å². The largest absolute Gasteiger partial charge is 1.00 e. The number of hydrogen-bond donors (Lipinski definition) is 0. The third kappa shape index (κ3) is 83.6. The minimum Gasteiger partial charge on any atom is -1.00 e. The molecule has 0 aromatic rings. The second kappa shape index (κ2) is 15.7. The van der Waals surface area contributed by atoms with Crippen LogP contribution < -0.4 is 39.8 Å². The minimum atomic E-state index is -2.33. The molecule has 0 aromatic carbocycles. The van der Waals surface area contributed by atoms with Gasteiger partial charge in [0.2, 0.25) is 0 Å². The first-order valence-corrected chi connectivity index (χ1v) is 0.612. The summed E-state index contributed by atoms with van der Waals surface area (Å²) in [6.45, 7) is 0. The van der Waals surface area contributed by atoms with Gasteiger partial charge in [0.25, 0.3) is 0 Å². The van der Waals surface area contributed by atoms with Gasteiger partial charge in [-0.25, -0.2) is 0 Å². The zero-order valence-corrected chi connectivity index (χ0v) is 8.29. The number of carbonyl (C=O) groups excluding carboxylic acids is 1. The average molecular weight is 300 g/mol. The smallest absolute Gasteiger partial charge is 1.00 e. The van der Waals surface area contributed by atoms with Gasteiger partial charge >= 0.3 is 74.3 Å². The number of carboxylic acid groups (broad SMARTS) is 2. The van der Waals surface area contributed by atoms with E-state index in [0.717, 1.165) is 0 Å². The van der Waals surface area contributed by atoms with E-state index < -0.39 is 6.16 Å². The Labute approximate surface area is 95.7 Å². The van der Waals surface area contributed by atoms with E-state index in [9.17, 15) is 0 Å². The Hall–Kier alpha value is 1.75. The van der Waals surface area contributed by atoms with Crippen molar-refractivity contribution in [2.45, 2.75) is 0 Å². The van der Waals surface area contributed by atoms with Gasteiger partial charge in [-0.1, -0.05) is 0 Å². The molecule has 0 rings (SSSR count). The van der Waals surface area contributed by atoms with E-state index in [1.165, 1.54) is 0 Å². The molecule has 0 aliphatic carbocycles. The topological polar surface area (TPSA) is 63.2 Å². The fraction of sp³-hybridized carbons (Fsp3) is 0. The quantitative estimate of drug-likeness (QED) is 0.420. The van der Waals surface area contributed by atoms with Crippen molar-refractivity contribution < 1.29 is 90.8 Å². The maximum atomic E-state index is 8.33. The Morgan fingerprint density at radius 3 is 1.29 bits per heavy atom. The minimum absolute atomic E-state index is 0. The number of hydrogen-bond acceptors (Lipinski definition) is 3. The molecule has 0 saturated heterocycles. The molecule has 0 aliphatic rings. The average Bonchev–Trinajstić information content (AvgIpc) is 0.811. The van der Waals surface area contributed by atoms with E-state index >= 15 is 0 Å². The predicted molar refractivity (Wildman–Crippen MR) is 6.51 cm³/mol. The molecule has 3 nitrogen and oxygen atoms in total. The molecule has 0 fully saturated rings. The molecule has 0 radical (unpaired) electrons. The standard InChI is InChI=1S/CH2O3.2Ag.Na.H/c2-1(3)4;;;;/h(H2,2,3,4);;;;/q;3*+1;-1/p-2. The number of carbonyl (C=O) groups is 1. The van der Waals surface area contributed by atoms with Crippen molar-refractivity contribution in [2.75, 3.05) is 0 Å². The normalized spacial score (nSPS) is 3.43. The first kappa shape index (κ1) is 23.3.